The number of carbonyl (C=O) groups excluding carboxylic acids is 1. The lowest BCUT2D eigenvalue weighted by molar-refractivity contribution is 0.115. The average molecular weight is 616 g/mol. The van der Waals surface area contributed by atoms with Crippen molar-refractivity contribution >= 4 is 6.09 Å². The zero-order chi connectivity index (χ0) is 32.0. The quantitative estimate of drug-likeness (QED) is 0.0570. The summed E-state index contributed by atoms with van der Waals surface area (Å²) in [7, 11) is 0. The lowest BCUT2D eigenvalue weighted by Gasteiger charge is -2.18. The first-order valence-corrected chi connectivity index (χ1v) is 18.9. The molecule has 0 atom stereocenters. The van der Waals surface area contributed by atoms with Gasteiger partial charge >= 0.3 is 6.09 Å². The van der Waals surface area contributed by atoms with Crippen molar-refractivity contribution in [2.24, 2.45) is 0 Å². The molecule has 0 unspecified atom stereocenters. The number of nitrogens with one attached hydrogen (secondary N) is 1. The van der Waals surface area contributed by atoms with Crippen LogP contribution in [0.25, 0.3) is 0 Å². The molecule has 0 aliphatic carbocycles. The molecule has 0 spiro atoms. The molecule has 0 saturated carbocycles. The monoisotopic (exact) mass is 616 g/mol. The fraction of sp³-hybridized carbons (Fsp3) is 0.775. The van der Waals surface area contributed by atoms with E-state index in [2.05, 4.69) is 67.8 Å². The van der Waals surface area contributed by atoms with Crippen molar-refractivity contribution in [2.45, 2.75) is 187 Å². The van der Waals surface area contributed by atoms with Gasteiger partial charge in [-0.25, -0.2) is 4.79 Å². The van der Waals surface area contributed by atoms with Gasteiger partial charge in [-0.05, 0) is 77.0 Å². The summed E-state index contributed by atoms with van der Waals surface area (Å²) in [5, 5.41) is 12.0. The molecule has 4 nitrogen and oxygen atoms in total. The number of rotatable bonds is 33. The van der Waals surface area contributed by atoms with Crippen LogP contribution in [0, 0.1) is 0 Å². The molecule has 0 radical (unpaired) electrons. The third kappa shape index (κ3) is 34.7. The van der Waals surface area contributed by atoms with E-state index in [1.165, 1.54) is 128 Å². The van der Waals surface area contributed by atoms with Gasteiger partial charge in [0.25, 0.3) is 0 Å². The Morgan fingerprint density at radius 1 is 0.545 bits per heavy atom. The lowest BCUT2D eigenvalue weighted by Crippen LogP contribution is -2.35. The molecule has 0 fully saturated rings. The van der Waals surface area contributed by atoms with Gasteiger partial charge in [0.05, 0.1) is 6.61 Å². The van der Waals surface area contributed by atoms with Gasteiger partial charge in [0.1, 0.15) is 6.61 Å². The van der Waals surface area contributed by atoms with Gasteiger partial charge in [0, 0.05) is 6.04 Å². The number of ether oxygens (including phenoxy) is 1. The van der Waals surface area contributed by atoms with E-state index in [1.807, 2.05) is 0 Å². The minimum Gasteiger partial charge on any atom is -0.447 e. The van der Waals surface area contributed by atoms with E-state index < -0.39 is 0 Å². The van der Waals surface area contributed by atoms with Gasteiger partial charge in [-0.1, -0.05) is 152 Å². The number of allylic oxidation sites excluding steroid dienone is 8. The van der Waals surface area contributed by atoms with Crippen molar-refractivity contribution in [1.82, 2.24) is 5.32 Å². The fourth-order valence-corrected chi connectivity index (χ4v) is 5.39. The molecule has 0 aromatic heterocycles. The normalized spacial score (nSPS) is 12.2. The minimum absolute atomic E-state index is 0.0639. The summed E-state index contributed by atoms with van der Waals surface area (Å²) in [5.41, 5.74) is 0. The van der Waals surface area contributed by atoms with E-state index in [4.69, 9.17) is 9.84 Å². The van der Waals surface area contributed by atoms with Crippen LogP contribution in [0.15, 0.2) is 48.6 Å². The van der Waals surface area contributed by atoms with Crippen LogP contribution in [0.3, 0.4) is 0 Å². The fourth-order valence-electron chi connectivity index (χ4n) is 5.39. The first-order chi connectivity index (χ1) is 21.7. The predicted molar refractivity (Wildman–Crippen MR) is 193 cm³/mol. The molecular formula is C40H73NO3. The number of unbranched alkanes of at least 4 members (excludes halogenated alkanes) is 18. The minimum atomic E-state index is -0.385. The summed E-state index contributed by atoms with van der Waals surface area (Å²) in [4.78, 5) is 12.1. The summed E-state index contributed by atoms with van der Waals surface area (Å²) in [6, 6.07) is 0.179. The highest BCUT2D eigenvalue weighted by atomic mass is 16.6. The predicted octanol–water partition coefficient (Wildman–Crippen LogP) is 12.5. The summed E-state index contributed by atoms with van der Waals surface area (Å²) in [6.45, 7) is 4.44. The first kappa shape index (κ1) is 42.2. The van der Waals surface area contributed by atoms with E-state index >= 15 is 0 Å². The maximum absolute atomic E-state index is 12.1. The van der Waals surface area contributed by atoms with Crippen LogP contribution in [-0.2, 0) is 4.74 Å². The van der Waals surface area contributed by atoms with Crippen LogP contribution in [0.2, 0.25) is 0 Å². The molecule has 4 heteroatoms. The average Bonchev–Trinajstić information content (AvgIpc) is 3.03. The number of aliphatic hydroxyl groups is 1. The summed E-state index contributed by atoms with van der Waals surface area (Å²) >= 11 is 0. The number of aliphatic hydroxyl groups excluding tert-OH is 1. The van der Waals surface area contributed by atoms with Crippen LogP contribution in [-0.4, -0.2) is 30.5 Å². The van der Waals surface area contributed by atoms with E-state index in [1.54, 1.807) is 0 Å². The summed E-state index contributed by atoms with van der Waals surface area (Å²) < 4.78 is 5.07. The van der Waals surface area contributed by atoms with Gasteiger partial charge < -0.3 is 15.2 Å². The molecule has 0 aromatic carbocycles. The van der Waals surface area contributed by atoms with Crippen LogP contribution in [0.5, 0.6) is 0 Å². The van der Waals surface area contributed by atoms with E-state index in [0.29, 0.717) is 0 Å². The number of alkyl carbamates (subject to hydrolysis) is 1. The van der Waals surface area contributed by atoms with Crippen molar-refractivity contribution in [3.8, 4) is 0 Å². The van der Waals surface area contributed by atoms with Crippen molar-refractivity contribution in [3.05, 3.63) is 48.6 Å². The molecular weight excluding hydrogens is 542 g/mol. The highest BCUT2D eigenvalue weighted by molar-refractivity contribution is 5.67. The number of amides is 1. The Hall–Kier alpha value is -1.81. The maximum atomic E-state index is 12.1. The first-order valence-electron chi connectivity index (χ1n) is 18.9. The third-order valence-corrected chi connectivity index (χ3v) is 8.15. The summed E-state index contributed by atoms with van der Waals surface area (Å²) in [5.74, 6) is 0. The zero-order valence-corrected chi connectivity index (χ0v) is 29.3. The van der Waals surface area contributed by atoms with Crippen LogP contribution in [0.1, 0.15) is 181 Å². The number of carbonyl (C=O) groups is 1. The molecule has 1 amide bonds. The maximum Gasteiger partial charge on any atom is 0.407 e. The second-order valence-electron chi connectivity index (χ2n) is 12.4. The molecule has 0 aliphatic heterocycles. The highest BCUT2D eigenvalue weighted by Gasteiger charge is 2.13. The lowest BCUT2D eigenvalue weighted by atomic mass is 10.00. The van der Waals surface area contributed by atoms with Gasteiger partial charge in [-0.15, -0.1) is 0 Å². The molecule has 0 aromatic rings. The molecule has 256 valence electrons. The van der Waals surface area contributed by atoms with Gasteiger partial charge in [-0.2, -0.15) is 0 Å². The Morgan fingerprint density at radius 3 is 1.30 bits per heavy atom. The largest absolute Gasteiger partial charge is 0.447 e. The summed E-state index contributed by atoms with van der Waals surface area (Å²) in [6.07, 6.45) is 50.2. The standard InChI is InChI=1S/C40H73NO3/c1-3-5-7-9-11-13-15-17-19-21-23-25-27-29-31-33-35-39(41-40(43)44-38-37-42)36-34-32-30-28-26-24-22-20-18-16-14-12-10-8-6-4-2/h11-14,17-20,39,42H,3-10,15-16,21-38H2,1-2H3,(H,41,43)/b13-11-,14-12-,19-17-,20-18-. The van der Waals surface area contributed by atoms with Gasteiger partial charge in [0.2, 0.25) is 0 Å². The van der Waals surface area contributed by atoms with Crippen LogP contribution >= 0.6 is 0 Å². The second-order valence-corrected chi connectivity index (χ2v) is 12.4. The smallest absolute Gasteiger partial charge is 0.407 e. The number of hydrogen-bond acceptors (Lipinski definition) is 3. The molecule has 0 rings (SSSR count). The SMILES string of the molecule is CCCCC/C=C\C/C=C\CCCCCCCCC(CCCCCCCC/C=C\C/C=C\CCCCC)NC(=O)OCCO. The van der Waals surface area contributed by atoms with Crippen LogP contribution < -0.4 is 5.32 Å². The number of hydrogen-bond donors (Lipinski definition) is 2. The molecule has 44 heavy (non-hydrogen) atoms. The van der Waals surface area contributed by atoms with Crippen molar-refractivity contribution in [2.75, 3.05) is 13.2 Å². The van der Waals surface area contributed by atoms with E-state index in [-0.39, 0.29) is 25.3 Å². The van der Waals surface area contributed by atoms with Gasteiger partial charge in [0.15, 0.2) is 0 Å². The Morgan fingerprint density at radius 2 is 0.909 bits per heavy atom. The Bertz CT molecular complexity index is 649. The van der Waals surface area contributed by atoms with Crippen molar-refractivity contribution < 1.29 is 14.6 Å². The topological polar surface area (TPSA) is 58.6 Å². The Kier molecular flexibility index (Phi) is 35.8. The Balaban J connectivity index is 3.88. The molecule has 0 bridgehead atoms. The molecule has 2 N–H and O–H groups in total. The molecule has 0 aliphatic rings. The van der Waals surface area contributed by atoms with Crippen molar-refractivity contribution in [1.29, 1.82) is 0 Å². The molecule has 0 saturated heterocycles. The third-order valence-electron chi connectivity index (χ3n) is 8.15. The second kappa shape index (κ2) is 37.4. The van der Waals surface area contributed by atoms with E-state index in [0.717, 1.165) is 38.5 Å². The van der Waals surface area contributed by atoms with E-state index in [9.17, 15) is 4.79 Å². The highest BCUT2D eigenvalue weighted by Crippen LogP contribution is 2.16. The Labute approximate surface area is 274 Å². The van der Waals surface area contributed by atoms with Crippen molar-refractivity contribution in [3.63, 3.8) is 0 Å². The molecule has 0 heterocycles. The zero-order valence-electron chi connectivity index (χ0n) is 29.3. The van der Waals surface area contributed by atoms with Gasteiger partial charge in [-0.3, -0.25) is 0 Å². The van der Waals surface area contributed by atoms with Crippen LogP contribution in [0.4, 0.5) is 4.79 Å².